The fraction of sp³-hybridized carbons (Fsp3) is 0.688. The summed E-state index contributed by atoms with van der Waals surface area (Å²) in [6, 6.07) is 0. The van der Waals surface area contributed by atoms with Gasteiger partial charge in [-0.1, -0.05) is 25.6 Å². The standard InChI is InChI=1S/C16H29N7S/c1-7-9-18-14-19-11-12(16(3,17-4)22-14)20-15(24-10-8-2)21-13(11)23(5)6/h17H,7-10H2,1-6H3,(H2,18,19,22). The number of hydrogen-bond donors (Lipinski definition) is 3. The summed E-state index contributed by atoms with van der Waals surface area (Å²) in [6.07, 6.45) is 2.09. The van der Waals surface area contributed by atoms with Gasteiger partial charge in [0.15, 0.2) is 16.9 Å². The van der Waals surface area contributed by atoms with Crippen molar-refractivity contribution in [1.82, 2.24) is 20.6 Å². The molecule has 1 atom stereocenters. The molecule has 1 aliphatic heterocycles. The summed E-state index contributed by atoms with van der Waals surface area (Å²) >= 11 is 1.69. The van der Waals surface area contributed by atoms with Crippen LogP contribution in [0.4, 0.5) is 11.5 Å². The molecule has 0 radical (unpaired) electrons. The zero-order chi connectivity index (χ0) is 17.7. The minimum atomic E-state index is -0.498. The molecule has 0 saturated heterocycles. The first-order valence-electron chi connectivity index (χ1n) is 8.46. The molecule has 0 aliphatic carbocycles. The minimum Gasteiger partial charge on any atom is -0.361 e. The van der Waals surface area contributed by atoms with Crippen molar-refractivity contribution in [1.29, 1.82) is 0 Å². The van der Waals surface area contributed by atoms with E-state index in [9.17, 15) is 0 Å². The third-order valence-electron chi connectivity index (χ3n) is 3.81. The molecule has 134 valence electrons. The van der Waals surface area contributed by atoms with Crippen molar-refractivity contribution >= 4 is 29.2 Å². The number of aliphatic imine (C=N–C) groups is 1. The molecule has 7 nitrogen and oxygen atoms in total. The number of aromatic nitrogens is 2. The molecule has 0 amide bonds. The Hall–Kier alpha value is -1.54. The van der Waals surface area contributed by atoms with Gasteiger partial charge in [-0.15, -0.1) is 0 Å². The summed E-state index contributed by atoms with van der Waals surface area (Å²) in [5.41, 5.74) is 1.33. The molecule has 2 rings (SSSR count). The number of thioether (sulfide) groups is 1. The van der Waals surface area contributed by atoms with Crippen LogP contribution >= 0.6 is 11.8 Å². The van der Waals surface area contributed by atoms with Gasteiger partial charge in [0.25, 0.3) is 0 Å². The molecule has 8 heteroatoms. The molecule has 0 bridgehead atoms. The Morgan fingerprint density at radius 2 is 2.00 bits per heavy atom. The fourth-order valence-electron chi connectivity index (χ4n) is 2.42. The Bertz CT molecular complexity index is 602. The van der Waals surface area contributed by atoms with Crippen molar-refractivity contribution in [3.8, 4) is 0 Å². The predicted octanol–water partition coefficient (Wildman–Crippen LogP) is 2.22. The minimum absolute atomic E-state index is 0.498. The fourth-order valence-corrected chi connectivity index (χ4v) is 3.11. The summed E-state index contributed by atoms with van der Waals surface area (Å²) in [4.78, 5) is 16.2. The zero-order valence-corrected chi connectivity index (χ0v) is 16.3. The molecule has 1 unspecified atom stereocenters. The SMILES string of the molecule is CCCN=C1Nc2c(N(C)C)nc(SCCC)nc2C(C)(NC)N1. The lowest BCUT2D eigenvalue weighted by atomic mass is 10.0. The topological polar surface area (TPSA) is 77.5 Å². The number of hydrogen-bond acceptors (Lipinski definition) is 6. The van der Waals surface area contributed by atoms with E-state index in [4.69, 9.17) is 9.97 Å². The van der Waals surface area contributed by atoms with Crippen LogP contribution in [0.1, 0.15) is 39.3 Å². The van der Waals surface area contributed by atoms with Crippen molar-refractivity contribution in [2.45, 2.75) is 44.4 Å². The maximum Gasteiger partial charge on any atom is 0.197 e. The van der Waals surface area contributed by atoms with Gasteiger partial charge in [0.05, 0.1) is 0 Å². The third kappa shape index (κ3) is 3.92. The predicted molar refractivity (Wildman–Crippen MR) is 103 cm³/mol. The highest BCUT2D eigenvalue weighted by atomic mass is 32.2. The van der Waals surface area contributed by atoms with E-state index in [0.717, 1.165) is 53.5 Å². The van der Waals surface area contributed by atoms with E-state index >= 15 is 0 Å². The van der Waals surface area contributed by atoms with Crippen molar-refractivity contribution < 1.29 is 0 Å². The molecular formula is C16H29N7S. The van der Waals surface area contributed by atoms with Crippen molar-refractivity contribution in [2.75, 3.05) is 43.7 Å². The van der Waals surface area contributed by atoms with Crippen LogP contribution in [0.2, 0.25) is 0 Å². The Morgan fingerprint density at radius 1 is 1.25 bits per heavy atom. The molecular weight excluding hydrogens is 322 g/mol. The molecule has 0 fully saturated rings. The maximum atomic E-state index is 4.82. The maximum absolute atomic E-state index is 4.82. The number of nitrogens with one attached hydrogen (secondary N) is 3. The van der Waals surface area contributed by atoms with Crippen LogP contribution in [0.25, 0.3) is 0 Å². The van der Waals surface area contributed by atoms with Gasteiger partial charge in [-0.05, 0) is 26.8 Å². The highest BCUT2D eigenvalue weighted by Crippen LogP contribution is 2.36. The first kappa shape index (κ1) is 18.8. The van der Waals surface area contributed by atoms with E-state index in [1.807, 2.05) is 26.0 Å². The van der Waals surface area contributed by atoms with E-state index in [1.54, 1.807) is 11.8 Å². The number of fused-ring (bicyclic) bond motifs is 1. The molecule has 0 aromatic carbocycles. The Labute approximate surface area is 149 Å². The van der Waals surface area contributed by atoms with Gasteiger partial charge in [0, 0.05) is 26.4 Å². The Morgan fingerprint density at radius 3 is 2.58 bits per heavy atom. The molecule has 24 heavy (non-hydrogen) atoms. The highest BCUT2D eigenvalue weighted by Gasteiger charge is 2.37. The van der Waals surface area contributed by atoms with E-state index < -0.39 is 5.66 Å². The molecule has 1 aromatic rings. The molecule has 1 aliphatic rings. The normalized spacial score (nSPS) is 21.2. The van der Waals surface area contributed by atoms with E-state index in [-0.39, 0.29) is 0 Å². The average Bonchev–Trinajstić information content (AvgIpc) is 2.57. The van der Waals surface area contributed by atoms with Crippen molar-refractivity contribution in [3.63, 3.8) is 0 Å². The van der Waals surface area contributed by atoms with Crippen molar-refractivity contribution in [2.24, 2.45) is 4.99 Å². The number of nitrogens with zero attached hydrogens (tertiary/aromatic N) is 4. The van der Waals surface area contributed by atoms with Crippen LogP contribution in [0.3, 0.4) is 0 Å². The first-order valence-corrected chi connectivity index (χ1v) is 9.44. The van der Waals surface area contributed by atoms with Gasteiger partial charge in [-0.2, -0.15) is 0 Å². The smallest absolute Gasteiger partial charge is 0.197 e. The summed E-state index contributed by atoms with van der Waals surface area (Å²) in [5.74, 6) is 2.64. The van der Waals surface area contributed by atoms with Crippen LogP contribution in [0, 0.1) is 0 Å². The summed E-state index contributed by atoms with van der Waals surface area (Å²) in [7, 11) is 5.93. The molecule has 0 spiro atoms. The van der Waals surface area contributed by atoms with Crippen LogP contribution in [0.5, 0.6) is 0 Å². The van der Waals surface area contributed by atoms with E-state index in [0.29, 0.717) is 0 Å². The van der Waals surface area contributed by atoms with Crippen molar-refractivity contribution in [3.05, 3.63) is 5.69 Å². The van der Waals surface area contributed by atoms with E-state index in [1.165, 1.54) is 0 Å². The second-order valence-electron chi connectivity index (χ2n) is 6.15. The van der Waals surface area contributed by atoms with Crippen LogP contribution in [-0.4, -0.2) is 49.4 Å². The molecule has 2 heterocycles. The van der Waals surface area contributed by atoms with Gasteiger partial charge in [0.2, 0.25) is 0 Å². The monoisotopic (exact) mass is 351 g/mol. The van der Waals surface area contributed by atoms with Crippen LogP contribution in [0.15, 0.2) is 10.1 Å². The van der Waals surface area contributed by atoms with E-state index in [2.05, 4.69) is 41.7 Å². The lowest BCUT2D eigenvalue weighted by Gasteiger charge is -2.38. The summed E-state index contributed by atoms with van der Waals surface area (Å²) in [5, 5.41) is 11.0. The van der Waals surface area contributed by atoms with Crippen LogP contribution < -0.4 is 20.9 Å². The highest BCUT2D eigenvalue weighted by molar-refractivity contribution is 7.99. The Kier molecular flexibility index (Phi) is 6.28. The Balaban J connectivity index is 2.54. The lowest BCUT2D eigenvalue weighted by molar-refractivity contribution is 0.349. The first-order chi connectivity index (χ1) is 11.4. The molecule has 3 N–H and O–H groups in total. The van der Waals surface area contributed by atoms with Gasteiger partial charge in [-0.3, -0.25) is 10.3 Å². The second kappa shape index (κ2) is 8.02. The number of rotatable bonds is 7. The number of guanidine groups is 1. The number of anilines is 2. The average molecular weight is 352 g/mol. The summed E-state index contributed by atoms with van der Waals surface area (Å²) < 4.78 is 0. The van der Waals surface area contributed by atoms with Gasteiger partial charge in [0.1, 0.15) is 17.0 Å². The van der Waals surface area contributed by atoms with Gasteiger partial charge in [-0.25, -0.2) is 9.97 Å². The molecule has 0 saturated carbocycles. The summed E-state index contributed by atoms with van der Waals surface area (Å²) in [6.45, 7) is 7.13. The molecule has 1 aromatic heterocycles. The lowest BCUT2D eigenvalue weighted by Crippen LogP contribution is -2.58. The third-order valence-corrected chi connectivity index (χ3v) is 4.86. The van der Waals surface area contributed by atoms with Gasteiger partial charge >= 0.3 is 0 Å². The quantitative estimate of drug-likeness (QED) is 0.513. The largest absolute Gasteiger partial charge is 0.361 e. The zero-order valence-electron chi connectivity index (χ0n) is 15.5. The van der Waals surface area contributed by atoms with Gasteiger partial charge < -0.3 is 15.5 Å². The second-order valence-corrected chi connectivity index (χ2v) is 7.21. The van der Waals surface area contributed by atoms with Crippen LogP contribution in [-0.2, 0) is 5.66 Å².